The van der Waals surface area contributed by atoms with Crippen LogP contribution >= 0.6 is 0 Å². The van der Waals surface area contributed by atoms with Crippen molar-refractivity contribution in [1.82, 2.24) is 29.2 Å². The van der Waals surface area contributed by atoms with Crippen molar-refractivity contribution >= 4 is 43.9 Å². The first-order valence-corrected chi connectivity index (χ1v) is 15.8. The third-order valence-electron chi connectivity index (χ3n) is 7.20. The van der Waals surface area contributed by atoms with Gasteiger partial charge in [-0.3, -0.25) is 4.79 Å². The van der Waals surface area contributed by atoms with Gasteiger partial charge in [0.05, 0.1) is 6.54 Å². The third kappa shape index (κ3) is 5.89. The van der Waals surface area contributed by atoms with E-state index in [2.05, 4.69) is 76.3 Å². The molecule has 0 saturated carbocycles. The normalized spacial score (nSPS) is 15.1. The van der Waals surface area contributed by atoms with Crippen LogP contribution in [0, 0.1) is 0 Å². The molecule has 41 heavy (non-hydrogen) atoms. The Bertz CT molecular complexity index is 1810. The van der Waals surface area contributed by atoms with Crippen molar-refractivity contribution in [3.8, 4) is 5.82 Å². The zero-order valence-electron chi connectivity index (χ0n) is 24.5. The van der Waals surface area contributed by atoms with E-state index in [4.69, 9.17) is 4.98 Å². The van der Waals surface area contributed by atoms with Crippen LogP contribution in [-0.2, 0) is 29.1 Å². The summed E-state index contributed by atoms with van der Waals surface area (Å²) in [5, 5.41) is 3.73. The van der Waals surface area contributed by atoms with E-state index in [1.54, 1.807) is 41.5 Å². The smallest absolute Gasteiger partial charge is 0.278 e. The van der Waals surface area contributed by atoms with Crippen LogP contribution in [0.3, 0.4) is 0 Å². The highest BCUT2D eigenvalue weighted by Gasteiger charge is 2.24. The van der Waals surface area contributed by atoms with E-state index in [0.717, 1.165) is 24.9 Å². The highest BCUT2D eigenvalue weighted by Crippen LogP contribution is 2.35. The van der Waals surface area contributed by atoms with Gasteiger partial charge in [-0.15, -0.1) is 6.58 Å². The van der Waals surface area contributed by atoms with Crippen LogP contribution in [0.4, 0.5) is 23.1 Å². The SMILES string of the molecule is C=CCn1c(=O)c2cnc(Nc3cc4c(c(N(C)C)c3)CC(N(C)C)CC4)nc2n1-c1cccc(N=S(C)(C)=O)n1. The van der Waals surface area contributed by atoms with Gasteiger partial charge in [0.2, 0.25) is 5.95 Å². The number of nitrogens with zero attached hydrogens (tertiary/aromatic N) is 8. The molecule has 1 aromatic carbocycles. The summed E-state index contributed by atoms with van der Waals surface area (Å²) in [6.07, 6.45) is 9.38. The number of hydrogen-bond acceptors (Lipinski definition) is 9. The molecule has 0 radical (unpaired) electrons. The molecular formula is C29H37N9O2S. The number of fused-ring (bicyclic) bond motifs is 2. The highest BCUT2D eigenvalue weighted by molar-refractivity contribution is 7.92. The van der Waals surface area contributed by atoms with E-state index in [1.807, 2.05) is 0 Å². The molecule has 3 aromatic heterocycles. The van der Waals surface area contributed by atoms with Gasteiger partial charge < -0.3 is 15.1 Å². The van der Waals surface area contributed by atoms with Crippen LogP contribution in [0.25, 0.3) is 16.9 Å². The van der Waals surface area contributed by atoms with Gasteiger partial charge in [0, 0.05) is 59.9 Å². The fraction of sp³-hybridized carbons (Fsp3) is 0.379. The third-order valence-corrected chi connectivity index (χ3v) is 7.83. The number of aryl methyl sites for hydroxylation is 1. The summed E-state index contributed by atoms with van der Waals surface area (Å²) in [7, 11) is 5.98. The average Bonchev–Trinajstić information content (AvgIpc) is 3.17. The average molecular weight is 576 g/mol. The number of benzene rings is 1. The van der Waals surface area contributed by atoms with Crippen LogP contribution in [0.2, 0.25) is 0 Å². The molecule has 0 spiro atoms. The number of hydrogen-bond donors (Lipinski definition) is 1. The minimum Gasteiger partial charge on any atom is -0.377 e. The molecule has 1 unspecified atom stereocenters. The number of rotatable bonds is 8. The van der Waals surface area contributed by atoms with Crippen molar-refractivity contribution in [3.05, 3.63) is 70.7 Å². The lowest BCUT2D eigenvalue weighted by Gasteiger charge is -2.33. The molecule has 0 fully saturated rings. The Labute approximate surface area is 240 Å². The Hall–Kier alpha value is -4.03. The van der Waals surface area contributed by atoms with Crippen LogP contribution in [-0.4, -0.2) is 80.2 Å². The largest absolute Gasteiger partial charge is 0.377 e. The lowest BCUT2D eigenvalue weighted by Crippen LogP contribution is -2.34. The molecule has 1 aliphatic carbocycles. The van der Waals surface area contributed by atoms with E-state index < -0.39 is 9.73 Å². The molecule has 0 amide bonds. The summed E-state index contributed by atoms with van der Waals surface area (Å²) in [4.78, 5) is 31.6. The maximum absolute atomic E-state index is 13.3. The quantitative estimate of drug-likeness (QED) is 0.316. The molecule has 4 aromatic rings. The molecule has 1 atom stereocenters. The second-order valence-electron chi connectivity index (χ2n) is 11.1. The monoisotopic (exact) mass is 575 g/mol. The van der Waals surface area contributed by atoms with Gasteiger partial charge in [-0.1, -0.05) is 12.1 Å². The second-order valence-corrected chi connectivity index (χ2v) is 13.6. The molecular weight excluding hydrogens is 538 g/mol. The van der Waals surface area contributed by atoms with Crippen molar-refractivity contribution in [2.45, 2.75) is 31.8 Å². The minimum atomic E-state index is -2.42. The van der Waals surface area contributed by atoms with Gasteiger partial charge in [0.15, 0.2) is 17.3 Å². The Morgan fingerprint density at radius 2 is 1.98 bits per heavy atom. The minimum absolute atomic E-state index is 0.240. The van der Waals surface area contributed by atoms with Gasteiger partial charge >= 0.3 is 0 Å². The second kappa shape index (κ2) is 11.1. The first-order chi connectivity index (χ1) is 19.4. The van der Waals surface area contributed by atoms with Crippen molar-refractivity contribution in [1.29, 1.82) is 0 Å². The highest BCUT2D eigenvalue weighted by atomic mass is 32.2. The van der Waals surface area contributed by atoms with Crippen LogP contribution < -0.4 is 15.8 Å². The number of allylic oxidation sites excluding steroid dienone is 1. The lowest BCUT2D eigenvalue weighted by molar-refractivity contribution is 0.268. The van der Waals surface area contributed by atoms with E-state index in [-0.39, 0.29) is 12.1 Å². The first kappa shape index (κ1) is 28.5. The molecule has 0 aliphatic heterocycles. The number of pyridine rings is 1. The fourth-order valence-corrected chi connectivity index (χ4v) is 5.84. The van der Waals surface area contributed by atoms with Crippen molar-refractivity contribution in [3.63, 3.8) is 0 Å². The van der Waals surface area contributed by atoms with Crippen LogP contribution in [0.15, 0.2) is 58.3 Å². The van der Waals surface area contributed by atoms with Crippen molar-refractivity contribution in [2.75, 3.05) is 50.9 Å². The molecule has 11 nitrogen and oxygen atoms in total. The fourth-order valence-electron chi connectivity index (χ4n) is 5.29. The lowest BCUT2D eigenvalue weighted by atomic mass is 9.86. The molecule has 12 heteroatoms. The molecule has 1 aliphatic rings. The maximum atomic E-state index is 13.3. The number of anilines is 3. The van der Waals surface area contributed by atoms with E-state index in [0.29, 0.717) is 34.7 Å². The zero-order valence-corrected chi connectivity index (χ0v) is 25.3. The van der Waals surface area contributed by atoms with E-state index in [9.17, 15) is 9.00 Å². The van der Waals surface area contributed by atoms with Gasteiger partial charge in [-0.05, 0) is 68.8 Å². The van der Waals surface area contributed by atoms with Crippen molar-refractivity contribution < 1.29 is 4.21 Å². The Kier molecular flexibility index (Phi) is 7.71. The van der Waals surface area contributed by atoms with Gasteiger partial charge in [-0.2, -0.15) is 9.35 Å². The maximum Gasteiger partial charge on any atom is 0.278 e. The predicted molar refractivity (Wildman–Crippen MR) is 167 cm³/mol. The number of nitrogens with one attached hydrogen (secondary N) is 1. The topological polar surface area (TPSA) is 114 Å². The van der Waals surface area contributed by atoms with Crippen molar-refractivity contribution in [2.24, 2.45) is 4.36 Å². The molecule has 3 heterocycles. The summed E-state index contributed by atoms with van der Waals surface area (Å²) in [6, 6.07) is 10.0. The van der Waals surface area contributed by atoms with E-state index >= 15 is 0 Å². The van der Waals surface area contributed by atoms with Gasteiger partial charge in [0.1, 0.15) is 5.39 Å². The first-order valence-electron chi connectivity index (χ1n) is 13.5. The predicted octanol–water partition coefficient (Wildman–Crippen LogP) is 3.75. The zero-order chi connectivity index (χ0) is 29.5. The Morgan fingerprint density at radius 1 is 1.20 bits per heavy atom. The summed E-state index contributed by atoms with van der Waals surface area (Å²) < 4.78 is 19.7. The Morgan fingerprint density at radius 3 is 2.66 bits per heavy atom. The molecule has 216 valence electrons. The van der Waals surface area contributed by atoms with E-state index in [1.165, 1.54) is 27.7 Å². The van der Waals surface area contributed by atoms with Crippen LogP contribution in [0.5, 0.6) is 0 Å². The van der Waals surface area contributed by atoms with Crippen LogP contribution in [0.1, 0.15) is 17.5 Å². The summed E-state index contributed by atoms with van der Waals surface area (Å²) in [6.45, 7) is 4.05. The Balaban J connectivity index is 1.60. The summed E-state index contributed by atoms with van der Waals surface area (Å²) in [5.74, 6) is 1.10. The molecule has 5 rings (SSSR count). The summed E-state index contributed by atoms with van der Waals surface area (Å²) in [5.41, 5.74) is 4.88. The molecule has 1 N–H and O–H groups in total. The molecule has 0 saturated heterocycles. The summed E-state index contributed by atoms with van der Waals surface area (Å²) >= 11 is 0. The number of aromatic nitrogens is 5. The van der Waals surface area contributed by atoms with Gasteiger partial charge in [-0.25, -0.2) is 23.5 Å². The van der Waals surface area contributed by atoms with Gasteiger partial charge in [0.25, 0.3) is 5.56 Å². The standard InChI is InChI=1S/C29H37N9O2S/c1-8-14-37-28(39)23-18-30-29(33-27(23)38(37)26-11-9-10-25(32-26)34-41(6,7)40)31-20-15-19-12-13-21(35(2)3)17-22(19)24(16-20)36(4)5/h8-11,15-16,18,21H,1,12-14,17H2,2-7H3,(H,30,31,33). The molecule has 0 bridgehead atoms. The number of likely N-dealkylation sites (N-methyl/N-ethyl adjacent to an activating group) is 1.